The molecule has 2 aliphatic rings. The van der Waals surface area contributed by atoms with Crippen molar-refractivity contribution in [2.75, 3.05) is 0 Å². The number of aromatic nitrogens is 2. The largest absolute Gasteiger partial charge is 0.339 e. The molecule has 0 unspecified atom stereocenters. The van der Waals surface area contributed by atoms with Gasteiger partial charge in [-0.15, -0.1) is 0 Å². The third-order valence-corrected chi connectivity index (χ3v) is 3.99. The molecule has 2 aromatic rings. The predicted molar refractivity (Wildman–Crippen MR) is 68.2 cm³/mol. The Hall–Kier alpha value is -1.64. The number of hydrogen-bond donors (Lipinski definition) is 0. The van der Waals surface area contributed by atoms with E-state index in [0.29, 0.717) is 0 Å². The quantitative estimate of drug-likeness (QED) is 0.827. The van der Waals surface area contributed by atoms with Crippen molar-refractivity contribution in [3.63, 3.8) is 0 Å². The van der Waals surface area contributed by atoms with Gasteiger partial charge in [-0.05, 0) is 55.2 Å². The van der Waals surface area contributed by atoms with E-state index in [1.807, 2.05) is 0 Å². The summed E-state index contributed by atoms with van der Waals surface area (Å²) in [6.45, 7) is 0. The molecule has 4 rings (SSSR count). The topological polar surface area (TPSA) is 38.9 Å². The van der Waals surface area contributed by atoms with Gasteiger partial charge in [0.1, 0.15) is 0 Å². The molecule has 18 heavy (non-hydrogen) atoms. The zero-order valence-corrected chi connectivity index (χ0v) is 10.4. The van der Waals surface area contributed by atoms with Crippen LogP contribution in [0.2, 0.25) is 0 Å². The van der Waals surface area contributed by atoms with Crippen LogP contribution in [0.4, 0.5) is 0 Å². The van der Waals surface area contributed by atoms with Gasteiger partial charge in [0.25, 0.3) is 0 Å². The summed E-state index contributed by atoms with van der Waals surface area (Å²) in [6.07, 6.45) is 7.27. The SMILES string of the molecule is c1cc2c(cc1-c1noc(CC3CC3)n1)CCC2. The summed E-state index contributed by atoms with van der Waals surface area (Å²) >= 11 is 0. The number of nitrogens with zero attached hydrogens (tertiary/aromatic N) is 2. The molecule has 3 heteroatoms. The highest BCUT2D eigenvalue weighted by molar-refractivity contribution is 5.57. The van der Waals surface area contributed by atoms with Crippen LogP contribution in [0.1, 0.15) is 36.3 Å². The Bertz CT molecular complexity index is 584. The molecule has 0 atom stereocenters. The van der Waals surface area contributed by atoms with E-state index in [-0.39, 0.29) is 0 Å². The second-order valence-electron chi connectivity index (χ2n) is 5.50. The number of fused-ring (bicyclic) bond motifs is 1. The predicted octanol–water partition coefficient (Wildman–Crippen LogP) is 3.18. The van der Waals surface area contributed by atoms with Crippen molar-refractivity contribution in [2.24, 2.45) is 5.92 Å². The molecule has 3 nitrogen and oxygen atoms in total. The number of rotatable bonds is 3. The Morgan fingerprint density at radius 3 is 2.94 bits per heavy atom. The maximum absolute atomic E-state index is 5.33. The Labute approximate surface area is 106 Å². The van der Waals surface area contributed by atoms with Crippen LogP contribution >= 0.6 is 0 Å². The fourth-order valence-corrected chi connectivity index (χ4v) is 2.73. The van der Waals surface area contributed by atoms with E-state index in [1.54, 1.807) is 0 Å². The second-order valence-corrected chi connectivity index (χ2v) is 5.50. The first-order chi connectivity index (χ1) is 8.88. The third-order valence-electron chi connectivity index (χ3n) is 3.99. The van der Waals surface area contributed by atoms with Crippen LogP contribution in [0, 0.1) is 5.92 Å². The second kappa shape index (κ2) is 3.94. The number of benzene rings is 1. The Morgan fingerprint density at radius 2 is 2.06 bits per heavy atom. The van der Waals surface area contributed by atoms with E-state index in [0.717, 1.165) is 29.6 Å². The van der Waals surface area contributed by atoms with E-state index in [1.165, 1.54) is 43.2 Å². The highest BCUT2D eigenvalue weighted by atomic mass is 16.5. The van der Waals surface area contributed by atoms with Gasteiger partial charge in [-0.25, -0.2) is 0 Å². The monoisotopic (exact) mass is 240 g/mol. The van der Waals surface area contributed by atoms with Crippen molar-refractivity contribution in [1.29, 1.82) is 0 Å². The van der Waals surface area contributed by atoms with Gasteiger partial charge in [0, 0.05) is 12.0 Å². The average molecular weight is 240 g/mol. The molecule has 1 saturated carbocycles. The maximum Gasteiger partial charge on any atom is 0.227 e. The van der Waals surface area contributed by atoms with Gasteiger partial charge in [0.05, 0.1) is 0 Å². The summed E-state index contributed by atoms with van der Waals surface area (Å²) in [5.74, 6) is 2.34. The first kappa shape index (κ1) is 10.3. The maximum atomic E-state index is 5.33. The number of aryl methyl sites for hydroxylation is 2. The molecule has 0 amide bonds. The highest BCUT2D eigenvalue weighted by Gasteiger charge is 2.24. The van der Waals surface area contributed by atoms with Crippen LogP contribution in [-0.2, 0) is 19.3 Å². The molecule has 0 bridgehead atoms. The van der Waals surface area contributed by atoms with Gasteiger partial charge >= 0.3 is 0 Å². The van der Waals surface area contributed by atoms with Crippen molar-refractivity contribution in [3.05, 3.63) is 35.2 Å². The minimum Gasteiger partial charge on any atom is -0.339 e. The normalized spacial score (nSPS) is 18.0. The molecular weight excluding hydrogens is 224 g/mol. The lowest BCUT2D eigenvalue weighted by Gasteiger charge is -2.00. The van der Waals surface area contributed by atoms with E-state index in [4.69, 9.17) is 4.52 Å². The minimum absolute atomic E-state index is 0.750. The molecule has 0 N–H and O–H groups in total. The van der Waals surface area contributed by atoms with Crippen LogP contribution in [-0.4, -0.2) is 10.1 Å². The lowest BCUT2D eigenvalue weighted by Crippen LogP contribution is -1.88. The fraction of sp³-hybridized carbons (Fsp3) is 0.467. The standard InChI is InChI=1S/C15H16N2O/c1-2-11-6-7-13(9-12(11)3-1)15-16-14(18-17-15)8-10-4-5-10/h6-7,9-10H,1-5,8H2. The first-order valence-corrected chi connectivity index (χ1v) is 6.83. The van der Waals surface area contributed by atoms with Crippen LogP contribution < -0.4 is 0 Å². The molecule has 0 saturated heterocycles. The molecule has 92 valence electrons. The summed E-state index contributed by atoms with van der Waals surface area (Å²) in [5.41, 5.74) is 4.04. The van der Waals surface area contributed by atoms with Crippen molar-refractivity contribution >= 4 is 0 Å². The smallest absolute Gasteiger partial charge is 0.227 e. The lowest BCUT2D eigenvalue weighted by atomic mass is 10.1. The molecule has 0 spiro atoms. The molecular formula is C15H16N2O. The van der Waals surface area contributed by atoms with E-state index < -0.39 is 0 Å². The highest BCUT2D eigenvalue weighted by Crippen LogP contribution is 2.33. The fourth-order valence-electron chi connectivity index (χ4n) is 2.73. The summed E-state index contributed by atoms with van der Waals surface area (Å²) in [5, 5.41) is 4.11. The Balaban J connectivity index is 1.63. The average Bonchev–Trinajstić information content (AvgIpc) is 2.91. The van der Waals surface area contributed by atoms with Crippen molar-refractivity contribution in [3.8, 4) is 11.4 Å². The van der Waals surface area contributed by atoms with Crippen molar-refractivity contribution in [1.82, 2.24) is 10.1 Å². The summed E-state index contributed by atoms with van der Waals surface area (Å²) in [4.78, 5) is 4.51. The van der Waals surface area contributed by atoms with Crippen LogP contribution in [0.25, 0.3) is 11.4 Å². The Morgan fingerprint density at radius 1 is 1.17 bits per heavy atom. The number of hydrogen-bond acceptors (Lipinski definition) is 3. The van der Waals surface area contributed by atoms with Gasteiger partial charge in [-0.3, -0.25) is 0 Å². The minimum atomic E-state index is 0.750. The molecule has 2 aliphatic carbocycles. The molecule has 1 heterocycles. The summed E-state index contributed by atoms with van der Waals surface area (Å²) < 4.78 is 5.33. The van der Waals surface area contributed by atoms with E-state index in [9.17, 15) is 0 Å². The molecule has 0 aliphatic heterocycles. The van der Waals surface area contributed by atoms with Gasteiger partial charge in [0.15, 0.2) is 0 Å². The van der Waals surface area contributed by atoms with Crippen molar-refractivity contribution in [2.45, 2.75) is 38.5 Å². The van der Waals surface area contributed by atoms with Gasteiger partial charge in [-0.2, -0.15) is 4.98 Å². The van der Waals surface area contributed by atoms with Crippen LogP contribution in [0.3, 0.4) is 0 Å². The van der Waals surface area contributed by atoms with Crippen LogP contribution in [0.15, 0.2) is 22.7 Å². The first-order valence-electron chi connectivity index (χ1n) is 6.83. The molecule has 1 aromatic heterocycles. The summed E-state index contributed by atoms with van der Waals surface area (Å²) in [7, 11) is 0. The van der Waals surface area contributed by atoms with Gasteiger partial charge < -0.3 is 4.52 Å². The zero-order chi connectivity index (χ0) is 11.9. The molecule has 0 radical (unpaired) electrons. The molecule has 1 fully saturated rings. The lowest BCUT2D eigenvalue weighted by molar-refractivity contribution is 0.373. The third kappa shape index (κ3) is 1.84. The zero-order valence-electron chi connectivity index (χ0n) is 10.4. The Kier molecular flexibility index (Phi) is 2.25. The van der Waals surface area contributed by atoms with Crippen molar-refractivity contribution < 1.29 is 4.52 Å². The van der Waals surface area contributed by atoms with Gasteiger partial charge in [-0.1, -0.05) is 17.3 Å². The van der Waals surface area contributed by atoms with Gasteiger partial charge in [0.2, 0.25) is 11.7 Å². The van der Waals surface area contributed by atoms with Crippen LogP contribution in [0.5, 0.6) is 0 Å². The van der Waals surface area contributed by atoms with E-state index >= 15 is 0 Å². The summed E-state index contributed by atoms with van der Waals surface area (Å²) in [6, 6.07) is 6.57. The van der Waals surface area contributed by atoms with E-state index in [2.05, 4.69) is 28.3 Å². The molecule has 1 aromatic carbocycles.